The second kappa shape index (κ2) is 9.50. The van der Waals surface area contributed by atoms with Crippen LogP contribution in [0.4, 0.5) is 0 Å². The van der Waals surface area contributed by atoms with Crippen LogP contribution in [0.15, 0.2) is 23.5 Å². The normalized spacial score (nSPS) is 21.4. The fraction of sp³-hybridized carbons (Fsp3) is 0.733. The molecule has 1 atom stereocenters. The van der Waals surface area contributed by atoms with Gasteiger partial charge in [-0.3, -0.25) is 0 Å². The summed E-state index contributed by atoms with van der Waals surface area (Å²) in [6, 6.07) is 0. The summed E-state index contributed by atoms with van der Waals surface area (Å²) in [4.78, 5) is 0. The Morgan fingerprint density at radius 3 is 2.56 bits per heavy atom. The van der Waals surface area contributed by atoms with Crippen LogP contribution in [-0.4, -0.2) is 6.61 Å². The molecule has 94 valence electrons. The third-order valence-electron chi connectivity index (χ3n) is 2.78. The molecular formula is C15H28O. The largest absolute Gasteiger partial charge is 0.494 e. The van der Waals surface area contributed by atoms with Crippen molar-refractivity contribution in [2.24, 2.45) is 5.92 Å². The van der Waals surface area contributed by atoms with E-state index in [2.05, 4.69) is 12.2 Å². The lowest BCUT2D eigenvalue weighted by Crippen LogP contribution is -2.02. The smallest absolute Gasteiger partial charge is 0.115 e. The van der Waals surface area contributed by atoms with Crippen molar-refractivity contribution < 1.29 is 4.74 Å². The number of hydrogen-bond donors (Lipinski definition) is 0. The Morgan fingerprint density at radius 2 is 1.94 bits per heavy atom. The molecule has 1 nitrogen and oxygen atoms in total. The van der Waals surface area contributed by atoms with E-state index in [0.717, 1.165) is 18.3 Å². The summed E-state index contributed by atoms with van der Waals surface area (Å²) in [5, 5.41) is 0. The third-order valence-corrected chi connectivity index (χ3v) is 2.78. The molecule has 0 bridgehead atoms. The lowest BCUT2D eigenvalue weighted by atomic mass is 9.94. The molecule has 0 aromatic carbocycles. The molecule has 1 heteroatoms. The van der Waals surface area contributed by atoms with Crippen molar-refractivity contribution in [1.29, 1.82) is 0 Å². The molecule has 0 saturated heterocycles. The summed E-state index contributed by atoms with van der Waals surface area (Å²) >= 11 is 0. The fourth-order valence-corrected chi connectivity index (χ4v) is 2.17. The number of fused-ring (bicyclic) bond motifs is 1. The molecule has 2 aliphatic rings. The first-order valence-corrected chi connectivity index (χ1v) is 6.93. The maximum Gasteiger partial charge on any atom is 0.115 e. The van der Waals surface area contributed by atoms with Gasteiger partial charge in [0.25, 0.3) is 0 Å². The standard InChI is InChI=1S/C11H16O.2C2H6/c1-2-12-11-7-6-9-4-3-5-10(9)8-11;2*1-2/h7-9H,2-6H2,1H3;2*1-2H3. The van der Waals surface area contributed by atoms with Gasteiger partial charge < -0.3 is 4.74 Å². The van der Waals surface area contributed by atoms with Crippen LogP contribution >= 0.6 is 0 Å². The molecular weight excluding hydrogens is 196 g/mol. The molecule has 0 N–H and O–H groups in total. The average molecular weight is 224 g/mol. The zero-order chi connectivity index (χ0) is 12.4. The predicted octanol–water partition coefficient (Wildman–Crippen LogP) is 5.09. The first-order valence-electron chi connectivity index (χ1n) is 6.93. The quantitative estimate of drug-likeness (QED) is 0.635. The zero-order valence-corrected chi connectivity index (χ0v) is 11.7. The third kappa shape index (κ3) is 4.42. The second-order valence-corrected chi connectivity index (χ2v) is 3.58. The molecule has 2 aliphatic carbocycles. The molecule has 16 heavy (non-hydrogen) atoms. The Balaban J connectivity index is 0.000000509. The molecule has 0 amide bonds. The van der Waals surface area contributed by atoms with Crippen molar-refractivity contribution >= 4 is 0 Å². The minimum atomic E-state index is 0.792. The van der Waals surface area contributed by atoms with Crippen LogP contribution in [0.25, 0.3) is 0 Å². The van der Waals surface area contributed by atoms with Crippen LogP contribution < -0.4 is 0 Å². The minimum Gasteiger partial charge on any atom is -0.494 e. The first-order chi connectivity index (χ1) is 7.90. The van der Waals surface area contributed by atoms with Crippen LogP contribution in [-0.2, 0) is 4.74 Å². The van der Waals surface area contributed by atoms with Crippen molar-refractivity contribution in [2.45, 2.75) is 60.3 Å². The Kier molecular flexibility index (Phi) is 9.07. The summed E-state index contributed by atoms with van der Waals surface area (Å²) in [6.07, 6.45) is 9.77. The van der Waals surface area contributed by atoms with Gasteiger partial charge in [0.2, 0.25) is 0 Å². The average Bonchev–Trinajstić information content (AvgIpc) is 2.82. The fourth-order valence-electron chi connectivity index (χ4n) is 2.17. The molecule has 1 unspecified atom stereocenters. The first kappa shape index (κ1) is 15.3. The van der Waals surface area contributed by atoms with E-state index in [1.807, 2.05) is 34.6 Å². The van der Waals surface area contributed by atoms with Crippen molar-refractivity contribution in [3.8, 4) is 0 Å². The Morgan fingerprint density at radius 1 is 1.25 bits per heavy atom. The van der Waals surface area contributed by atoms with Crippen molar-refractivity contribution in [3.63, 3.8) is 0 Å². The van der Waals surface area contributed by atoms with Gasteiger partial charge in [-0.05, 0) is 50.7 Å². The molecule has 2 rings (SSSR count). The summed E-state index contributed by atoms with van der Waals surface area (Å²) in [7, 11) is 0. The topological polar surface area (TPSA) is 9.23 Å². The predicted molar refractivity (Wildman–Crippen MR) is 72.4 cm³/mol. The summed E-state index contributed by atoms with van der Waals surface area (Å²) < 4.78 is 5.48. The highest BCUT2D eigenvalue weighted by molar-refractivity contribution is 5.27. The number of rotatable bonds is 2. The number of allylic oxidation sites excluding steroid dienone is 3. The van der Waals surface area contributed by atoms with Gasteiger partial charge in [0.15, 0.2) is 0 Å². The zero-order valence-electron chi connectivity index (χ0n) is 11.7. The number of ether oxygens (including phenoxy) is 1. The molecule has 0 aliphatic heterocycles. The minimum absolute atomic E-state index is 0.792. The monoisotopic (exact) mass is 224 g/mol. The molecule has 0 aromatic heterocycles. The lowest BCUT2D eigenvalue weighted by molar-refractivity contribution is 0.238. The van der Waals surface area contributed by atoms with Gasteiger partial charge >= 0.3 is 0 Å². The summed E-state index contributed by atoms with van der Waals surface area (Å²) in [6.45, 7) is 10.8. The lowest BCUT2D eigenvalue weighted by Gasteiger charge is -2.16. The van der Waals surface area contributed by atoms with Crippen molar-refractivity contribution in [2.75, 3.05) is 6.61 Å². The number of hydrogen-bond acceptors (Lipinski definition) is 1. The highest BCUT2D eigenvalue weighted by Gasteiger charge is 2.22. The summed E-state index contributed by atoms with van der Waals surface area (Å²) in [5.41, 5.74) is 1.63. The van der Waals surface area contributed by atoms with E-state index in [1.54, 1.807) is 5.57 Å². The molecule has 1 fully saturated rings. The molecule has 0 radical (unpaired) electrons. The van der Waals surface area contributed by atoms with Gasteiger partial charge in [-0.1, -0.05) is 33.3 Å². The second-order valence-electron chi connectivity index (χ2n) is 3.58. The SMILES string of the molecule is CC.CC.CCOC1=CCC2CCCC2=C1. The molecule has 1 saturated carbocycles. The Labute approximate surface area is 102 Å². The van der Waals surface area contributed by atoms with Crippen molar-refractivity contribution in [3.05, 3.63) is 23.5 Å². The van der Waals surface area contributed by atoms with Gasteiger partial charge in [-0.2, -0.15) is 0 Å². The van der Waals surface area contributed by atoms with Crippen LogP contribution in [0.3, 0.4) is 0 Å². The van der Waals surface area contributed by atoms with Crippen LogP contribution in [0.2, 0.25) is 0 Å². The van der Waals surface area contributed by atoms with E-state index in [9.17, 15) is 0 Å². The van der Waals surface area contributed by atoms with E-state index in [-0.39, 0.29) is 0 Å². The van der Waals surface area contributed by atoms with Gasteiger partial charge in [-0.15, -0.1) is 0 Å². The Hall–Kier alpha value is -0.720. The molecule has 0 heterocycles. The van der Waals surface area contributed by atoms with Crippen LogP contribution in [0.5, 0.6) is 0 Å². The van der Waals surface area contributed by atoms with E-state index in [1.165, 1.54) is 25.7 Å². The molecule has 0 spiro atoms. The van der Waals surface area contributed by atoms with E-state index >= 15 is 0 Å². The van der Waals surface area contributed by atoms with Gasteiger partial charge in [-0.25, -0.2) is 0 Å². The highest BCUT2D eigenvalue weighted by Crippen LogP contribution is 2.37. The Bertz CT molecular complexity index is 226. The van der Waals surface area contributed by atoms with Crippen LogP contribution in [0, 0.1) is 5.92 Å². The van der Waals surface area contributed by atoms with E-state index in [4.69, 9.17) is 4.74 Å². The van der Waals surface area contributed by atoms with Gasteiger partial charge in [0, 0.05) is 0 Å². The van der Waals surface area contributed by atoms with E-state index < -0.39 is 0 Å². The molecule has 0 aromatic rings. The highest BCUT2D eigenvalue weighted by atomic mass is 16.5. The maximum atomic E-state index is 5.48. The van der Waals surface area contributed by atoms with Crippen molar-refractivity contribution in [1.82, 2.24) is 0 Å². The van der Waals surface area contributed by atoms with Gasteiger partial charge in [0.05, 0.1) is 6.61 Å². The van der Waals surface area contributed by atoms with Gasteiger partial charge in [0.1, 0.15) is 5.76 Å². The van der Waals surface area contributed by atoms with E-state index in [0.29, 0.717) is 0 Å². The summed E-state index contributed by atoms with van der Waals surface area (Å²) in [5.74, 6) is 1.96. The van der Waals surface area contributed by atoms with Crippen LogP contribution in [0.1, 0.15) is 60.3 Å². The maximum absolute atomic E-state index is 5.48.